The fraction of sp³-hybridized carbons (Fsp3) is 0.353. The first-order valence-corrected chi connectivity index (χ1v) is 7.20. The molecule has 2 rings (SSSR count). The summed E-state index contributed by atoms with van der Waals surface area (Å²) in [6.07, 6.45) is 0. The number of nitrogens with zero attached hydrogens (tertiary/aromatic N) is 1. The minimum Gasteiger partial charge on any atom is -0.350 e. The molecule has 0 radical (unpaired) electrons. The van der Waals surface area contributed by atoms with E-state index in [0.717, 1.165) is 11.3 Å². The second-order valence-corrected chi connectivity index (χ2v) is 5.47. The smallest absolute Gasteiger partial charge is 0.225 e. The van der Waals surface area contributed by atoms with Crippen LogP contribution in [0.3, 0.4) is 0 Å². The number of carbonyl (C=O) groups excluding carboxylic acids is 1. The molecule has 1 heterocycles. The average Bonchev–Trinajstić information content (AvgIpc) is 2.83. The van der Waals surface area contributed by atoms with Crippen molar-refractivity contribution in [3.63, 3.8) is 0 Å². The number of nitrogens with two attached hydrogens (primary N) is 1. The lowest BCUT2D eigenvalue weighted by Crippen LogP contribution is -2.35. The number of amides is 1. The number of aromatic nitrogens is 1. The summed E-state index contributed by atoms with van der Waals surface area (Å²) in [5.41, 5.74) is 9.42. The van der Waals surface area contributed by atoms with Gasteiger partial charge in [0.25, 0.3) is 0 Å². The first-order valence-electron chi connectivity index (χ1n) is 7.20. The predicted molar refractivity (Wildman–Crippen MR) is 84.5 cm³/mol. The Balaban J connectivity index is 1.95. The summed E-state index contributed by atoms with van der Waals surface area (Å²) >= 11 is 0. The molecule has 112 valence electrons. The number of hydrogen-bond acceptors (Lipinski definition) is 2. The largest absolute Gasteiger partial charge is 0.350 e. The van der Waals surface area contributed by atoms with Crippen molar-refractivity contribution in [1.29, 1.82) is 0 Å². The fourth-order valence-corrected chi connectivity index (χ4v) is 2.31. The Morgan fingerprint density at radius 3 is 2.48 bits per heavy atom. The van der Waals surface area contributed by atoms with E-state index < -0.39 is 0 Å². The molecule has 0 fully saturated rings. The quantitative estimate of drug-likeness (QED) is 0.885. The lowest BCUT2D eigenvalue weighted by molar-refractivity contribution is -0.125. The van der Waals surface area contributed by atoms with Gasteiger partial charge in [0.15, 0.2) is 0 Å². The third kappa shape index (κ3) is 3.52. The molecule has 0 aliphatic heterocycles. The average molecular weight is 285 g/mol. The van der Waals surface area contributed by atoms with Crippen molar-refractivity contribution in [1.82, 2.24) is 9.88 Å². The Kier molecular flexibility index (Phi) is 4.81. The SMILES string of the molecule is Cc1ccc(CNC(=O)C(C)C(N)c2ccccc2)n1C. The molecule has 2 atom stereocenters. The number of nitrogens with one attached hydrogen (secondary N) is 1. The molecule has 0 saturated heterocycles. The molecule has 4 heteroatoms. The molecular weight excluding hydrogens is 262 g/mol. The first-order chi connectivity index (χ1) is 10.0. The van der Waals surface area contributed by atoms with Crippen LogP contribution in [-0.4, -0.2) is 10.5 Å². The van der Waals surface area contributed by atoms with E-state index in [1.54, 1.807) is 0 Å². The van der Waals surface area contributed by atoms with Crippen LogP contribution in [0.2, 0.25) is 0 Å². The number of benzene rings is 1. The van der Waals surface area contributed by atoms with Crippen LogP contribution in [0, 0.1) is 12.8 Å². The van der Waals surface area contributed by atoms with Crippen molar-refractivity contribution < 1.29 is 4.79 Å². The van der Waals surface area contributed by atoms with Crippen molar-refractivity contribution in [2.75, 3.05) is 0 Å². The number of rotatable bonds is 5. The van der Waals surface area contributed by atoms with E-state index >= 15 is 0 Å². The number of carbonyl (C=O) groups is 1. The molecule has 0 spiro atoms. The van der Waals surface area contributed by atoms with Gasteiger partial charge in [0.1, 0.15) is 0 Å². The molecule has 2 aromatic rings. The van der Waals surface area contributed by atoms with E-state index in [2.05, 4.69) is 9.88 Å². The zero-order valence-electron chi connectivity index (χ0n) is 12.8. The van der Waals surface area contributed by atoms with Crippen LogP contribution >= 0.6 is 0 Å². The van der Waals surface area contributed by atoms with Gasteiger partial charge in [-0.1, -0.05) is 37.3 Å². The van der Waals surface area contributed by atoms with Crippen molar-refractivity contribution in [3.05, 3.63) is 59.4 Å². The van der Waals surface area contributed by atoms with Crippen molar-refractivity contribution in [2.24, 2.45) is 18.7 Å². The van der Waals surface area contributed by atoms with E-state index in [0.29, 0.717) is 6.54 Å². The van der Waals surface area contributed by atoms with Crippen LogP contribution in [0.15, 0.2) is 42.5 Å². The van der Waals surface area contributed by atoms with E-state index in [-0.39, 0.29) is 17.9 Å². The van der Waals surface area contributed by atoms with E-state index in [1.165, 1.54) is 5.69 Å². The summed E-state index contributed by atoms with van der Waals surface area (Å²) < 4.78 is 2.07. The topological polar surface area (TPSA) is 60.1 Å². The second kappa shape index (κ2) is 6.59. The molecule has 1 amide bonds. The maximum atomic E-state index is 12.2. The molecule has 0 aliphatic carbocycles. The summed E-state index contributed by atoms with van der Waals surface area (Å²) in [4.78, 5) is 12.2. The zero-order valence-corrected chi connectivity index (χ0v) is 12.8. The second-order valence-electron chi connectivity index (χ2n) is 5.47. The summed E-state index contributed by atoms with van der Waals surface area (Å²) in [5, 5.41) is 2.96. The van der Waals surface area contributed by atoms with Gasteiger partial charge in [-0.25, -0.2) is 0 Å². The van der Waals surface area contributed by atoms with Crippen LogP contribution < -0.4 is 11.1 Å². The van der Waals surface area contributed by atoms with Gasteiger partial charge in [-0.15, -0.1) is 0 Å². The molecule has 0 bridgehead atoms. The standard InChI is InChI=1S/C17H23N3O/c1-12-9-10-15(20(12)3)11-19-17(21)13(2)16(18)14-7-5-4-6-8-14/h4-10,13,16H,11,18H2,1-3H3,(H,19,21). The van der Waals surface area contributed by atoms with Gasteiger partial charge >= 0.3 is 0 Å². The van der Waals surface area contributed by atoms with Crippen LogP contribution in [0.5, 0.6) is 0 Å². The van der Waals surface area contributed by atoms with Crippen molar-refractivity contribution in [3.8, 4) is 0 Å². The minimum absolute atomic E-state index is 0.0230. The van der Waals surface area contributed by atoms with Gasteiger partial charge in [-0.05, 0) is 24.6 Å². The molecule has 1 aromatic heterocycles. The molecule has 4 nitrogen and oxygen atoms in total. The summed E-state index contributed by atoms with van der Waals surface area (Å²) in [7, 11) is 2.00. The molecule has 1 aromatic carbocycles. The van der Waals surface area contributed by atoms with Gasteiger partial charge in [-0.2, -0.15) is 0 Å². The lowest BCUT2D eigenvalue weighted by Gasteiger charge is -2.20. The Labute approximate surface area is 126 Å². The highest BCUT2D eigenvalue weighted by Gasteiger charge is 2.21. The van der Waals surface area contributed by atoms with Crippen LogP contribution in [0.25, 0.3) is 0 Å². The van der Waals surface area contributed by atoms with Gasteiger partial charge < -0.3 is 15.6 Å². The fourth-order valence-electron chi connectivity index (χ4n) is 2.31. The third-order valence-electron chi connectivity index (χ3n) is 4.06. The molecule has 3 N–H and O–H groups in total. The zero-order chi connectivity index (χ0) is 15.4. The normalized spacial score (nSPS) is 13.7. The first kappa shape index (κ1) is 15.3. The van der Waals surface area contributed by atoms with Gasteiger partial charge in [-0.3, -0.25) is 4.79 Å². The van der Waals surface area contributed by atoms with E-state index in [1.807, 2.05) is 63.4 Å². The highest BCUT2D eigenvalue weighted by Crippen LogP contribution is 2.19. The minimum atomic E-state index is -0.290. The molecule has 2 unspecified atom stereocenters. The highest BCUT2D eigenvalue weighted by molar-refractivity contribution is 5.79. The van der Waals surface area contributed by atoms with Crippen LogP contribution in [-0.2, 0) is 18.4 Å². The number of hydrogen-bond donors (Lipinski definition) is 2. The molecule has 21 heavy (non-hydrogen) atoms. The van der Waals surface area contributed by atoms with E-state index in [4.69, 9.17) is 5.73 Å². The Hall–Kier alpha value is -2.07. The predicted octanol–water partition coefficient (Wildman–Crippen LogP) is 2.29. The molecule has 0 saturated carbocycles. The Morgan fingerprint density at radius 2 is 1.90 bits per heavy atom. The van der Waals surface area contributed by atoms with Crippen LogP contribution in [0.1, 0.15) is 29.9 Å². The number of aryl methyl sites for hydroxylation is 1. The highest BCUT2D eigenvalue weighted by atomic mass is 16.1. The summed E-state index contributed by atoms with van der Waals surface area (Å²) in [6.45, 7) is 4.43. The Bertz CT molecular complexity index is 604. The maximum Gasteiger partial charge on any atom is 0.225 e. The van der Waals surface area contributed by atoms with Gasteiger partial charge in [0, 0.05) is 24.5 Å². The van der Waals surface area contributed by atoms with Gasteiger partial charge in [0.2, 0.25) is 5.91 Å². The Morgan fingerprint density at radius 1 is 1.24 bits per heavy atom. The maximum absolute atomic E-state index is 12.2. The third-order valence-corrected chi connectivity index (χ3v) is 4.06. The lowest BCUT2D eigenvalue weighted by atomic mass is 9.95. The van der Waals surface area contributed by atoms with Gasteiger partial charge in [0.05, 0.1) is 12.5 Å². The summed E-state index contributed by atoms with van der Waals surface area (Å²) in [5.74, 6) is -0.293. The van der Waals surface area contributed by atoms with Crippen molar-refractivity contribution in [2.45, 2.75) is 26.4 Å². The molecular formula is C17H23N3O. The summed E-state index contributed by atoms with van der Waals surface area (Å²) in [6, 6.07) is 13.5. The van der Waals surface area contributed by atoms with Crippen LogP contribution in [0.4, 0.5) is 0 Å². The van der Waals surface area contributed by atoms with Crippen molar-refractivity contribution >= 4 is 5.91 Å². The van der Waals surface area contributed by atoms with E-state index in [9.17, 15) is 4.79 Å². The molecule has 0 aliphatic rings. The monoisotopic (exact) mass is 285 g/mol.